The number of sulfonamides is 1. The van der Waals surface area contributed by atoms with Gasteiger partial charge in [0.1, 0.15) is 27.9 Å². The van der Waals surface area contributed by atoms with Crippen molar-refractivity contribution in [2.75, 3.05) is 30.0 Å². The molecule has 0 aliphatic heterocycles. The molecule has 0 radical (unpaired) electrons. The van der Waals surface area contributed by atoms with E-state index in [2.05, 4.69) is 30.4 Å². The number of thioether (sulfide) groups is 1. The number of hydrogen-bond acceptors (Lipinski definition) is 12. The van der Waals surface area contributed by atoms with Crippen LogP contribution in [-0.4, -0.2) is 59.7 Å². The van der Waals surface area contributed by atoms with Crippen molar-refractivity contribution in [3.8, 4) is 34.0 Å². The Labute approximate surface area is 256 Å². The van der Waals surface area contributed by atoms with Crippen LogP contribution in [0.25, 0.3) is 22.5 Å². The largest absolute Gasteiger partial charge is 0.497 e. The molecule has 2 aromatic heterocycles. The quantitative estimate of drug-likeness (QED) is 0.190. The number of nitrogens with zero attached hydrogens (tertiary/aromatic N) is 5. The summed E-state index contributed by atoms with van der Waals surface area (Å²) < 4.78 is 38.2. The first kappa shape index (κ1) is 29.9. The first-order chi connectivity index (χ1) is 20.7. The van der Waals surface area contributed by atoms with E-state index in [0.717, 1.165) is 34.2 Å². The van der Waals surface area contributed by atoms with Crippen molar-refractivity contribution in [2.45, 2.75) is 17.0 Å². The molecular formula is C28H25N7O5S3. The molecule has 15 heteroatoms. The van der Waals surface area contributed by atoms with Crippen LogP contribution in [0, 0.1) is 6.92 Å². The third kappa shape index (κ3) is 7.43. The Hall–Kier alpha value is -4.60. The van der Waals surface area contributed by atoms with Crippen LogP contribution in [0.2, 0.25) is 0 Å². The Bertz CT molecular complexity index is 1830. The molecule has 0 aliphatic rings. The average Bonchev–Trinajstić information content (AvgIpc) is 3.43. The van der Waals surface area contributed by atoms with E-state index < -0.39 is 10.0 Å². The number of methoxy groups -OCH3 is 2. The summed E-state index contributed by atoms with van der Waals surface area (Å²) in [5.41, 5.74) is 3.22. The monoisotopic (exact) mass is 635 g/mol. The molecule has 0 saturated heterocycles. The van der Waals surface area contributed by atoms with E-state index in [1.807, 2.05) is 48.5 Å². The third-order valence-corrected chi connectivity index (χ3v) is 9.00. The summed E-state index contributed by atoms with van der Waals surface area (Å²) in [6.07, 6.45) is 0. The Morgan fingerprint density at radius 2 is 1.42 bits per heavy atom. The topological polar surface area (TPSA) is 158 Å². The van der Waals surface area contributed by atoms with Crippen molar-refractivity contribution in [1.82, 2.24) is 25.4 Å². The summed E-state index contributed by atoms with van der Waals surface area (Å²) in [4.78, 5) is 17.5. The van der Waals surface area contributed by atoms with Crippen LogP contribution in [0.5, 0.6) is 11.5 Å². The van der Waals surface area contributed by atoms with Crippen LogP contribution < -0.4 is 19.5 Å². The zero-order valence-electron chi connectivity index (χ0n) is 23.1. The van der Waals surface area contributed by atoms with E-state index in [1.54, 1.807) is 21.1 Å². The van der Waals surface area contributed by atoms with E-state index in [0.29, 0.717) is 38.7 Å². The number of nitrogens with one attached hydrogen (secondary N) is 2. The van der Waals surface area contributed by atoms with Crippen LogP contribution >= 0.6 is 23.1 Å². The van der Waals surface area contributed by atoms with Gasteiger partial charge in [0, 0.05) is 16.8 Å². The maximum Gasteiger partial charge on any atom is 0.263 e. The Morgan fingerprint density at radius 3 is 1.98 bits per heavy atom. The minimum absolute atomic E-state index is 0.00359. The van der Waals surface area contributed by atoms with Crippen LogP contribution in [-0.2, 0) is 14.8 Å². The molecule has 5 aromatic rings. The highest BCUT2D eigenvalue weighted by Crippen LogP contribution is 2.32. The van der Waals surface area contributed by atoms with Gasteiger partial charge < -0.3 is 14.8 Å². The molecule has 0 atom stereocenters. The Kier molecular flexibility index (Phi) is 9.13. The SMILES string of the molecule is COc1ccc(-c2nnc(SCC(=O)Nc3ccc(S(=O)(=O)Nc4nnc(C)s4)cc3)nc2-c2ccc(OC)cc2)cc1. The van der Waals surface area contributed by atoms with Crippen LogP contribution in [0.15, 0.2) is 82.8 Å². The van der Waals surface area contributed by atoms with Gasteiger partial charge in [-0.05, 0) is 79.7 Å². The predicted octanol–water partition coefficient (Wildman–Crippen LogP) is 4.91. The van der Waals surface area contributed by atoms with E-state index in [1.165, 1.54) is 24.3 Å². The lowest BCUT2D eigenvalue weighted by Crippen LogP contribution is -2.15. The van der Waals surface area contributed by atoms with Crippen molar-refractivity contribution >= 4 is 49.8 Å². The first-order valence-corrected chi connectivity index (χ1v) is 15.9. The summed E-state index contributed by atoms with van der Waals surface area (Å²) in [5, 5.41) is 20.2. The van der Waals surface area contributed by atoms with Gasteiger partial charge in [0.05, 0.1) is 24.9 Å². The molecule has 12 nitrogen and oxygen atoms in total. The summed E-state index contributed by atoms with van der Waals surface area (Å²) in [6.45, 7) is 1.73. The fourth-order valence-corrected chi connectivity index (χ4v) is 6.23. The zero-order valence-corrected chi connectivity index (χ0v) is 25.6. The molecule has 3 aromatic carbocycles. The second kappa shape index (κ2) is 13.1. The van der Waals surface area contributed by atoms with E-state index in [-0.39, 0.29) is 21.7 Å². The summed E-state index contributed by atoms with van der Waals surface area (Å²) in [5.74, 6) is 1.10. The van der Waals surface area contributed by atoms with Crippen molar-refractivity contribution in [2.24, 2.45) is 0 Å². The third-order valence-electron chi connectivity index (χ3n) is 5.92. The number of aryl methyl sites for hydroxylation is 1. The van der Waals surface area contributed by atoms with Gasteiger partial charge in [-0.25, -0.2) is 13.4 Å². The maximum absolute atomic E-state index is 12.7. The number of benzene rings is 3. The molecule has 0 spiro atoms. The minimum atomic E-state index is -3.85. The predicted molar refractivity (Wildman–Crippen MR) is 165 cm³/mol. The molecule has 220 valence electrons. The molecule has 0 aliphatic carbocycles. The van der Waals surface area contributed by atoms with Crippen molar-refractivity contribution < 1.29 is 22.7 Å². The average molecular weight is 636 g/mol. The fourth-order valence-electron chi connectivity index (χ4n) is 3.82. The van der Waals surface area contributed by atoms with Crippen molar-refractivity contribution in [3.05, 3.63) is 77.8 Å². The van der Waals surface area contributed by atoms with Gasteiger partial charge in [-0.1, -0.05) is 23.1 Å². The molecule has 2 N–H and O–H groups in total. The highest BCUT2D eigenvalue weighted by molar-refractivity contribution is 7.99. The molecule has 0 unspecified atom stereocenters. The Morgan fingerprint density at radius 1 is 0.814 bits per heavy atom. The highest BCUT2D eigenvalue weighted by atomic mass is 32.2. The smallest absolute Gasteiger partial charge is 0.263 e. The van der Waals surface area contributed by atoms with Crippen LogP contribution in [0.4, 0.5) is 10.8 Å². The lowest BCUT2D eigenvalue weighted by Gasteiger charge is -2.11. The van der Waals surface area contributed by atoms with E-state index in [9.17, 15) is 13.2 Å². The maximum atomic E-state index is 12.7. The number of aromatic nitrogens is 5. The molecule has 0 fully saturated rings. The number of carbonyl (C=O) groups excluding carboxylic acids is 1. The fraction of sp³-hybridized carbons (Fsp3) is 0.143. The Balaban J connectivity index is 1.28. The minimum Gasteiger partial charge on any atom is -0.497 e. The molecule has 43 heavy (non-hydrogen) atoms. The second-order valence-corrected chi connectivity index (χ2v) is 12.6. The molecule has 5 rings (SSSR count). The lowest BCUT2D eigenvalue weighted by molar-refractivity contribution is -0.113. The molecule has 0 bridgehead atoms. The van der Waals surface area contributed by atoms with E-state index >= 15 is 0 Å². The van der Waals surface area contributed by atoms with Gasteiger partial charge in [0.25, 0.3) is 10.0 Å². The van der Waals surface area contributed by atoms with Crippen molar-refractivity contribution in [1.29, 1.82) is 0 Å². The summed E-state index contributed by atoms with van der Waals surface area (Å²) >= 11 is 2.26. The molecule has 1 amide bonds. The number of carbonyl (C=O) groups is 1. The molecular weight excluding hydrogens is 611 g/mol. The normalized spacial score (nSPS) is 11.1. The number of rotatable bonds is 11. The van der Waals surface area contributed by atoms with Gasteiger partial charge in [0.2, 0.25) is 16.2 Å². The van der Waals surface area contributed by atoms with Gasteiger partial charge >= 0.3 is 0 Å². The van der Waals surface area contributed by atoms with Gasteiger partial charge in [0.15, 0.2) is 0 Å². The van der Waals surface area contributed by atoms with Crippen LogP contribution in [0.1, 0.15) is 5.01 Å². The lowest BCUT2D eigenvalue weighted by atomic mass is 10.0. The van der Waals surface area contributed by atoms with Crippen molar-refractivity contribution in [3.63, 3.8) is 0 Å². The number of anilines is 2. The van der Waals surface area contributed by atoms with Gasteiger partial charge in [-0.3, -0.25) is 9.52 Å². The van der Waals surface area contributed by atoms with Gasteiger partial charge in [-0.15, -0.1) is 20.4 Å². The van der Waals surface area contributed by atoms with Gasteiger partial charge in [-0.2, -0.15) is 0 Å². The van der Waals surface area contributed by atoms with Crippen LogP contribution in [0.3, 0.4) is 0 Å². The molecule has 2 heterocycles. The number of ether oxygens (including phenoxy) is 2. The second-order valence-electron chi connectivity index (χ2n) is 8.84. The molecule has 0 saturated carbocycles. The number of amides is 1. The number of hydrogen-bond donors (Lipinski definition) is 2. The zero-order chi connectivity index (χ0) is 30.4. The first-order valence-electron chi connectivity index (χ1n) is 12.6. The summed E-state index contributed by atoms with van der Waals surface area (Å²) in [6, 6.07) is 20.6. The van der Waals surface area contributed by atoms with E-state index in [4.69, 9.17) is 14.5 Å². The summed E-state index contributed by atoms with van der Waals surface area (Å²) in [7, 11) is -0.648. The highest BCUT2D eigenvalue weighted by Gasteiger charge is 2.18. The standard InChI is InChI=1S/C28H25N7O5S3/c1-17-31-34-28(42-17)35-43(37,38)23-14-8-20(9-15-23)29-24(36)16-41-27-30-25(18-4-10-21(39-2)11-5-18)26(32-33-27)19-6-12-22(40-3)13-7-19/h4-15H,16H2,1-3H3,(H,29,36)(H,34,35).